The van der Waals surface area contributed by atoms with E-state index >= 15 is 0 Å². The van der Waals surface area contributed by atoms with Crippen LogP contribution in [0, 0.1) is 0 Å². The Morgan fingerprint density at radius 1 is 1.17 bits per heavy atom. The quantitative estimate of drug-likeness (QED) is 0.770. The van der Waals surface area contributed by atoms with Crippen molar-refractivity contribution in [3.63, 3.8) is 0 Å². The summed E-state index contributed by atoms with van der Waals surface area (Å²) in [6, 6.07) is 5.51. The van der Waals surface area contributed by atoms with Gasteiger partial charge in [-0.15, -0.1) is 0 Å². The molecule has 2 aromatic heterocycles. The lowest BCUT2D eigenvalue weighted by Gasteiger charge is -2.28. The van der Waals surface area contributed by atoms with E-state index in [2.05, 4.69) is 15.0 Å². The number of aromatic nitrogens is 3. The average Bonchev–Trinajstić information content (AvgIpc) is 2.40. The van der Waals surface area contributed by atoms with Gasteiger partial charge in [-0.1, -0.05) is 12.1 Å². The topological polar surface area (TPSA) is 90.7 Å². The van der Waals surface area contributed by atoms with E-state index in [1.807, 2.05) is 18.2 Å². The SMILES string of the molecule is Nc1ccc2c(n1)C=CC(N)(c1ncccn1)C2. The summed E-state index contributed by atoms with van der Waals surface area (Å²) < 4.78 is 0. The summed E-state index contributed by atoms with van der Waals surface area (Å²) in [7, 11) is 0. The summed E-state index contributed by atoms with van der Waals surface area (Å²) in [6.45, 7) is 0. The number of nitrogens with two attached hydrogens (primary N) is 2. The van der Waals surface area contributed by atoms with Gasteiger partial charge in [-0.3, -0.25) is 0 Å². The van der Waals surface area contributed by atoms with Gasteiger partial charge >= 0.3 is 0 Å². The normalized spacial score (nSPS) is 21.6. The summed E-state index contributed by atoms with van der Waals surface area (Å²) in [5, 5.41) is 0. The summed E-state index contributed by atoms with van der Waals surface area (Å²) >= 11 is 0. The van der Waals surface area contributed by atoms with Gasteiger partial charge in [0.15, 0.2) is 5.82 Å². The van der Waals surface area contributed by atoms with Gasteiger partial charge in [0.05, 0.1) is 11.2 Å². The van der Waals surface area contributed by atoms with Crippen LogP contribution in [-0.4, -0.2) is 15.0 Å². The van der Waals surface area contributed by atoms with Gasteiger partial charge in [0, 0.05) is 18.8 Å². The molecule has 0 aliphatic heterocycles. The van der Waals surface area contributed by atoms with E-state index in [-0.39, 0.29) is 0 Å². The van der Waals surface area contributed by atoms with Crippen molar-refractivity contribution < 1.29 is 0 Å². The van der Waals surface area contributed by atoms with Crippen LogP contribution in [0.2, 0.25) is 0 Å². The van der Waals surface area contributed by atoms with Crippen LogP contribution in [-0.2, 0) is 12.0 Å². The Balaban J connectivity index is 2.03. The lowest BCUT2D eigenvalue weighted by molar-refractivity contribution is 0.515. The van der Waals surface area contributed by atoms with Crippen molar-refractivity contribution in [3.05, 3.63) is 53.8 Å². The highest BCUT2D eigenvalue weighted by atomic mass is 15.0. The molecule has 2 aromatic rings. The van der Waals surface area contributed by atoms with Crippen LogP contribution in [0.1, 0.15) is 17.1 Å². The molecule has 0 bridgehead atoms. The number of hydrogen-bond donors (Lipinski definition) is 2. The predicted octanol–water partition coefficient (Wildman–Crippen LogP) is 0.877. The van der Waals surface area contributed by atoms with Crippen LogP contribution in [0.4, 0.5) is 5.82 Å². The predicted molar refractivity (Wildman–Crippen MR) is 69.3 cm³/mol. The Bertz CT molecular complexity index is 608. The van der Waals surface area contributed by atoms with Crippen LogP contribution in [0.25, 0.3) is 6.08 Å². The van der Waals surface area contributed by atoms with Crippen molar-refractivity contribution in [3.8, 4) is 0 Å². The number of pyridine rings is 1. The second kappa shape index (κ2) is 3.89. The Kier molecular flexibility index (Phi) is 2.34. The number of nitrogens with zero attached hydrogens (tertiary/aromatic N) is 3. The fourth-order valence-corrected chi connectivity index (χ4v) is 2.11. The molecule has 0 aromatic carbocycles. The highest BCUT2D eigenvalue weighted by molar-refractivity contribution is 5.58. The zero-order valence-electron chi connectivity index (χ0n) is 9.74. The molecule has 5 heteroatoms. The van der Waals surface area contributed by atoms with Gasteiger partial charge < -0.3 is 11.5 Å². The largest absolute Gasteiger partial charge is 0.384 e. The first-order chi connectivity index (χ1) is 8.67. The fraction of sp³-hybridized carbons (Fsp3) is 0.154. The minimum Gasteiger partial charge on any atom is -0.384 e. The molecule has 0 saturated heterocycles. The Morgan fingerprint density at radius 3 is 2.72 bits per heavy atom. The highest BCUT2D eigenvalue weighted by Crippen LogP contribution is 2.29. The monoisotopic (exact) mass is 239 g/mol. The average molecular weight is 239 g/mol. The van der Waals surface area contributed by atoms with Crippen LogP contribution in [0.3, 0.4) is 0 Å². The van der Waals surface area contributed by atoms with Crippen LogP contribution in [0.15, 0.2) is 36.7 Å². The molecule has 0 radical (unpaired) electrons. The molecule has 2 heterocycles. The van der Waals surface area contributed by atoms with Crippen molar-refractivity contribution in [2.75, 3.05) is 5.73 Å². The van der Waals surface area contributed by atoms with E-state index < -0.39 is 5.54 Å². The van der Waals surface area contributed by atoms with Gasteiger partial charge in [0.1, 0.15) is 5.82 Å². The summed E-state index contributed by atoms with van der Waals surface area (Å²) in [5.74, 6) is 1.13. The molecule has 1 atom stereocenters. The summed E-state index contributed by atoms with van der Waals surface area (Å²) in [6.07, 6.45) is 7.78. The molecule has 4 N–H and O–H groups in total. The van der Waals surface area contributed by atoms with Gasteiger partial charge in [-0.25, -0.2) is 15.0 Å². The molecular formula is C13H13N5. The third kappa shape index (κ3) is 1.74. The van der Waals surface area contributed by atoms with Gasteiger partial charge in [0.2, 0.25) is 0 Å². The molecule has 0 spiro atoms. The van der Waals surface area contributed by atoms with Gasteiger partial charge in [0.25, 0.3) is 0 Å². The number of fused-ring (bicyclic) bond motifs is 1. The maximum atomic E-state index is 6.36. The molecule has 1 aliphatic carbocycles. The Labute approximate surface area is 105 Å². The van der Waals surface area contributed by atoms with Crippen molar-refractivity contribution in [2.45, 2.75) is 12.0 Å². The number of rotatable bonds is 1. The Hall–Kier alpha value is -2.27. The van der Waals surface area contributed by atoms with E-state index in [1.165, 1.54) is 0 Å². The minimum absolute atomic E-state index is 0.513. The molecule has 0 saturated carbocycles. The number of hydrogen-bond acceptors (Lipinski definition) is 5. The first-order valence-electron chi connectivity index (χ1n) is 5.68. The molecule has 3 rings (SSSR count). The summed E-state index contributed by atoms with van der Waals surface area (Å²) in [4.78, 5) is 12.7. The molecule has 0 fully saturated rings. The molecule has 5 nitrogen and oxygen atoms in total. The summed E-state index contributed by atoms with van der Waals surface area (Å²) in [5.41, 5.74) is 13.3. The molecule has 1 aliphatic rings. The smallest absolute Gasteiger partial charge is 0.152 e. The molecule has 1 unspecified atom stereocenters. The third-order valence-corrected chi connectivity index (χ3v) is 3.04. The van der Waals surface area contributed by atoms with Crippen molar-refractivity contribution in [1.82, 2.24) is 15.0 Å². The first kappa shape index (κ1) is 10.9. The Morgan fingerprint density at radius 2 is 1.94 bits per heavy atom. The maximum absolute atomic E-state index is 6.36. The lowest BCUT2D eigenvalue weighted by Crippen LogP contribution is -2.40. The second-order valence-corrected chi connectivity index (χ2v) is 4.40. The molecule has 18 heavy (non-hydrogen) atoms. The molecular weight excluding hydrogens is 226 g/mol. The van der Waals surface area contributed by atoms with Crippen LogP contribution >= 0.6 is 0 Å². The molecule has 90 valence electrons. The first-order valence-corrected chi connectivity index (χ1v) is 5.68. The zero-order valence-corrected chi connectivity index (χ0v) is 9.74. The minimum atomic E-state index is -0.675. The van der Waals surface area contributed by atoms with Gasteiger partial charge in [-0.2, -0.15) is 0 Å². The zero-order chi connectivity index (χ0) is 12.6. The molecule has 0 amide bonds. The van der Waals surface area contributed by atoms with Crippen LogP contribution in [0.5, 0.6) is 0 Å². The van der Waals surface area contributed by atoms with E-state index in [0.29, 0.717) is 18.1 Å². The van der Waals surface area contributed by atoms with Crippen molar-refractivity contribution >= 4 is 11.9 Å². The number of nitrogen functional groups attached to an aromatic ring is 1. The fourth-order valence-electron chi connectivity index (χ4n) is 2.11. The lowest BCUT2D eigenvalue weighted by atomic mass is 9.85. The van der Waals surface area contributed by atoms with E-state index in [1.54, 1.807) is 24.5 Å². The van der Waals surface area contributed by atoms with E-state index in [4.69, 9.17) is 11.5 Å². The van der Waals surface area contributed by atoms with Crippen molar-refractivity contribution in [1.29, 1.82) is 0 Å². The third-order valence-electron chi connectivity index (χ3n) is 3.04. The van der Waals surface area contributed by atoms with Gasteiger partial charge in [-0.05, 0) is 23.8 Å². The number of anilines is 1. The second-order valence-electron chi connectivity index (χ2n) is 4.40. The van der Waals surface area contributed by atoms with Crippen LogP contribution < -0.4 is 11.5 Å². The van der Waals surface area contributed by atoms with E-state index in [0.717, 1.165) is 11.3 Å². The van der Waals surface area contributed by atoms with Crippen molar-refractivity contribution in [2.24, 2.45) is 5.73 Å². The standard InChI is InChI=1S/C13H13N5/c14-11-3-2-9-8-13(15,5-4-10(9)18-11)12-16-6-1-7-17-12/h1-7H,8,15H2,(H2,14,18). The van der Waals surface area contributed by atoms with E-state index in [9.17, 15) is 0 Å². The highest BCUT2D eigenvalue weighted by Gasteiger charge is 2.31. The maximum Gasteiger partial charge on any atom is 0.152 e.